The maximum absolute atomic E-state index is 11.1. The Morgan fingerprint density at radius 2 is 1.68 bits per heavy atom. The van der Waals surface area contributed by atoms with Crippen molar-refractivity contribution in [3.8, 4) is 0 Å². The lowest BCUT2D eigenvalue weighted by atomic mass is 10.2. The van der Waals surface area contributed by atoms with Crippen molar-refractivity contribution in [3.63, 3.8) is 0 Å². The number of hydrogen-bond acceptors (Lipinski definition) is 5. The molecule has 0 fully saturated rings. The molecule has 0 saturated carbocycles. The van der Waals surface area contributed by atoms with Crippen molar-refractivity contribution in [1.82, 2.24) is 0 Å². The van der Waals surface area contributed by atoms with Gasteiger partial charge in [0.05, 0.1) is 17.1 Å². The van der Waals surface area contributed by atoms with Gasteiger partial charge in [-0.15, -0.1) is 0 Å². The van der Waals surface area contributed by atoms with Crippen LogP contribution in [-0.2, 0) is 16.1 Å². The van der Waals surface area contributed by atoms with Crippen molar-refractivity contribution in [1.29, 1.82) is 0 Å². The molecule has 0 unspecified atom stereocenters. The standard InChI is InChI=1S/C25H22N2O4S2.BrH/c28-24(29)14-16-26-18-8-4-6-10-20(18)32-22(26)12-2-1-3-13-23-27(17-15-25(30)31)19-9-5-7-11-21(19)33-23;/h1-13H,14-17H2,(H-,28,29,30,31);1H. The van der Waals surface area contributed by atoms with E-state index in [0.29, 0.717) is 13.1 Å². The highest BCUT2D eigenvalue weighted by Crippen LogP contribution is 2.45. The molecule has 2 aromatic carbocycles. The number of benzene rings is 2. The summed E-state index contributed by atoms with van der Waals surface area (Å²) in [5, 5.41) is 20.2. The van der Waals surface area contributed by atoms with Gasteiger partial charge in [0.1, 0.15) is 11.1 Å². The van der Waals surface area contributed by atoms with Crippen molar-refractivity contribution in [2.24, 2.45) is 0 Å². The van der Waals surface area contributed by atoms with Crippen LogP contribution in [0.4, 0.5) is 5.69 Å². The molecule has 4 rings (SSSR count). The zero-order valence-electron chi connectivity index (χ0n) is 18.1. The van der Waals surface area contributed by atoms with Gasteiger partial charge in [-0.05, 0) is 24.3 Å². The van der Waals surface area contributed by atoms with Gasteiger partial charge in [-0.25, -0.2) is 0 Å². The smallest absolute Gasteiger partial charge is 0.309 e. The molecule has 1 aliphatic heterocycles. The van der Waals surface area contributed by atoms with Crippen LogP contribution >= 0.6 is 23.1 Å². The molecule has 0 aliphatic carbocycles. The Morgan fingerprint density at radius 3 is 2.47 bits per heavy atom. The van der Waals surface area contributed by atoms with Crippen molar-refractivity contribution < 1.29 is 41.4 Å². The summed E-state index contributed by atoms with van der Waals surface area (Å²) in [6, 6.07) is 16.0. The average molecular weight is 560 g/mol. The molecule has 1 aromatic heterocycles. The number of para-hydroxylation sites is 2. The minimum Gasteiger partial charge on any atom is -1.00 e. The Bertz CT molecular complexity index is 1280. The number of halogens is 1. The van der Waals surface area contributed by atoms with E-state index in [1.807, 2.05) is 88.4 Å². The first kappa shape index (κ1) is 25.7. The van der Waals surface area contributed by atoms with Crippen LogP contribution in [0.1, 0.15) is 17.8 Å². The van der Waals surface area contributed by atoms with Gasteiger partial charge < -0.3 is 32.1 Å². The zero-order valence-corrected chi connectivity index (χ0v) is 21.4. The fraction of sp³-hybridized carbons (Fsp3) is 0.160. The maximum atomic E-state index is 11.1. The quantitative estimate of drug-likeness (QED) is 0.309. The minimum atomic E-state index is -0.818. The highest BCUT2D eigenvalue weighted by molar-refractivity contribution is 8.03. The number of carbonyl (C=O) groups is 2. The Kier molecular flexibility index (Phi) is 9.09. The highest BCUT2D eigenvalue weighted by Gasteiger charge is 2.24. The predicted molar refractivity (Wildman–Crippen MR) is 132 cm³/mol. The van der Waals surface area contributed by atoms with Crippen LogP contribution in [0.2, 0.25) is 0 Å². The third-order valence-electron chi connectivity index (χ3n) is 5.07. The van der Waals surface area contributed by atoms with Gasteiger partial charge in [-0.1, -0.05) is 65.6 Å². The van der Waals surface area contributed by atoms with E-state index in [2.05, 4.69) is 0 Å². The molecule has 176 valence electrons. The van der Waals surface area contributed by atoms with E-state index in [1.54, 1.807) is 23.1 Å². The number of allylic oxidation sites excluding steroid dienone is 4. The summed E-state index contributed by atoms with van der Waals surface area (Å²) in [5.41, 5.74) is 2.06. The number of rotatable bonds is 9. The van der Waals surface area contributed by atoms with Crippen LogP contribution in [0.3, 0.4) is 0 Å². The molecule has 34 heavy (non-hydrogen) atoms. The number of aromatic nitrogens is 1. The van der Waals surface area contributed by atoms with Crippen LogP contribution in [0, 0.1) is 0 Å². The second-order valence-electron chi connectivity index (χ2n) is 7.32. The van der Waals surface area contributed by atoms with Crippen molar-refractivity contribution in [2.75, 3.05) is 11.4 Å². The number of anilines is 1. The summed E-state index contributed by atoms with van der Waals surface area (Å²) in [7, 11) is 0. The summed E-state index contributed by atoms with van der Waals surface area (Å²) in [6.45, 7) is 0.834. The van der Waals surface area contributed by atoms with Crippen molar-refractivity contribution in [3.05, 3.63) is 82.9 Å². The van der Waals surface area contributed by atoms with E-state index in [9.17, 15) is 9.59 Å². The fourth-order valence-corrected chi connectivity index (χ4v) is 5.77. The topological polar surface area (TPSA) is 81.7 Å². The van der Waals surface area contributed by atoms with E-state index in [0.717, 1.165) is 30.8 Å². The first-order chi connectivity index (χ1) is 16.0. The zero-order chi connectivity index (χ0) is 23.2. The molecule has 3 aromatic rings. The molecule has 6 nitrogen and oxygen atoms in total. The third-order valence-corrected chi connectivity index (χ3v) is 7.33. The van der Waals surface area contributed by atoms with Gasteiger partial charge in [-0.3, -0.25) is 9.59 Å². The Hall–Kier alpha value is -2.88. The molecule has 0 amide bonds. The molecular weight excluding hydrogens is 536 g/mol. The number of fused-ring (bicyclic) bond motifs is 2. The number of carboxylic acids is 2. The molecule has 0 spiro atoms. The number of hydrogen-bond donors (Lipinski definition) is 2. The second-order valence-corrected chi connectivity index (χ2v) is 9.44. The molecule has 0 saturated heterocycles. The van der Waals surface area contributed by atoms with Gasteiger partial charge in [-0.2, -0.15) is 4.57 Å². The van der Waals surface area contributed by atoms with E-state index < -0.39 is 11.9 Å². The number of carboxylic acid groups (broad SMARTS) is 2. The predicted octanol–water partition coefficient (Wildman–Crippen LogP) is 2.17. The SMILES string of the molecule is O=C(O)CCN1C(=CC=CC=Cc2sc3ccccc3[n+]2CCC(=O)O)Sc2ccccc21.[Br-]. The largest absolute Gasteiger partial charge is 1.00 e. The molecule has 1 aliphatic rings. The summed E-state index contributed by atoms with van der Waals surface area (Å²) < 4.78 is 3.15. The van der Waals surface area contributed by atoms with Crippen LogP contribution < -0.4 is 26.4 Å². The van der Waals surface area contributed by atoms with Gasteiger partial charge in [0.25, 0.3) is 5.01 Å². The van der Waals surface area contributed by atoms with Gasteiger partial charge in [0.15, 0.2) is 6.54 Å². The molecular formula is C25H23BrN2O4S2. The minimum absolute atomic E-state index is 0. The normalized spacial score (nSPS) is 14.2. The Morgan fingerprint density at radius 1 is 0.941 bits per heavy atom. The van der Waals surface area contributed by atoms with Crippen molar-refractivity contribution in [2.45, 2.75) is 24.3 Å². The fourth-order valence-electron chi connectivity index (χ4n) is 3.57. The lowest BCUT2D eigenvalue weighted by molar-refractivity contribution is -0.667. The molecule has 0 radical (unpaired) electrons. The van der Waals surface area contributed by atoms with Gasteiger partial charge >= 0.3 is 11.9 Å². The second kappa shape index (κ2) is 12.0. The van der Waals surface area contributed by atoms with E-state index >= 15 is 0 Å². The Balaban J connectivity index is 0.00000324. The first-order valence-electron chi connectivity index (χ1n) is 10.5. The Labute approximate surface area is 216 Å². The molecule has 2 N–H and O–H groups in total. The number of aliphatic carboxylic acids is 2. The summed E-state index contributed by atoms with van der Waals surface area (Å²) in [5.74, 6) is -1.64. The number of thiazole rings is 1. The monoisotopic (exact) mass is 558 g/mol. The van der Waals surface area contributed by atoms with Crippen LogP contribution in [0.25, 0.3) is 16.3 Å². The van der Waals surface area contributed by atoms with E-state index in [1.165, 1.54) is 0 Å². The van der Waals surface area contributed by atoms with Crippen LogP contribution in [-0.4, -0.2) is 28.7 Å². The highest BCUT2D eigenvalue weighted by atomic mass is 79.9. The summed E-state index contributed by atoms with van der Waals surface area (Å²) >= 11 is 3.25. The number of thioether (sulfide) groups is 1. The summed E-state index contributed by atoms with van der Waals surface area (Å²) in [4.78, 5) is 25.3. The average Bonchev–Trinajstić information content (AvgIpc) is 3.33. The number of aryl methyl sites for hydroxylation is 1. The van der Waals surface area contributed by atoms with Crippen LogP contribution in [0.5, 0.6) is 0 Å². The lowest BCUT2D eigenvalue weighted by Gasteiger charge is -2.19. The van der Waals surface area contributed by atoms with Gasteiger partial charge in [0.2, 0.25) is 5.52 Å². The third kappa shape index (κ3) is 6.16. The van der Waals surface area contributed by atoms with Crippen molar-refractivity contribution >= 4 is 57.0 Å². The lowest BCUT2D eigenvalue weighted by Crippen LogP contribution is -3.00. The molecule has 2 heterocycles. The van der Waals surface area contributed by atoms with E-state index in [-0.39, 0.29) is 29.8 Å². The molecule has 0 atom stereocenters. The van der Waals surface area contributed by atoms with E-state index in [4.69, 9.17) is 10.2 Å². The molecule has 0 bridgehead atoms. The maximum Gasteiger partial charge on any atom is 0.309 e. The van der Waals surface area contributed by atoms with Gasteiger partial charge in [0, 0.05) is 23.6 Å². The number of nitrogens with zero attached hydrogens (tertiary/aromatic N) is 2. The molecule has 9 heteroatoms. The summed E-state index contributed by atoms with van der Waals surface area (Å²) in [6.07, 6.45) is 9.91. The first-order valence-corrected chi connectivity index (χ1v) is 12.1. The van der Waals surface area contributed by atoms with Crippen LogP contribution in [0.15, 0.2) is 82.8 Å².